The molecule has 0 aliphatic heterocycles. The molecule has 0 aliphatic carbocycles. The van der Waals surface area contributed by atoms with Gasteiger partial charge < -0.3 is 5.73 Å². The Balaban J connectivity index is 3.14. The number of aromatic nitrogens is 1. The summed E-state index contributed by atoms with van der Waals surface area (Å²) in [6.07, 6.45) is -4.42. The fourth-order valence-corrected chi connectivity index (χ4v) is 0.916. The summed E-state index contributed by atoms with van der Waals surface area (Å²) < 4.78 is 36.5. The van der Waals surface area contributed by atoms with E-state index < -0.39 is 11.9 Å². The second-order valence-corrected chi connectivity index (χ2v) is 3.22. The molecule has 6 heteroatoms. The van der Waals surface area contributed by atoms with Gasteiger partial charge in [-0.25, -0.2) is 4.98 Å². The van der Waals surface area contributed by atoms with Crippen molar-refractivity contribution in [3.63, 3.8) is 0 Å². The summed E-state index contributed by atoms with van der Waals surface area (Å²) in [6.45, 7) is 0. The van der Waals surface area contributed by atoms with Gasteiger partial charge in [-0.15, -0.1) is 0 Å². The molecule has 12 heavy (non-hydrogen) atoms. The van der Waals surface area contributed by atoms with E-state index in [1.54, 1.807) is 0 Å². The van der Waals surface area contributed by atoms with Crippen molar-refractivity contribution in [3.05, 3.63) is 21.4 Å². The van der Waals surface area contributed by atoms with Crippen molar-refractivity contribution in [3.8, 4) is 0 Å². The van der Waals surface area contributed by atoms with Crippen LogP contribution in [0.5, 0.6) is 0 Å². The average molecular weight is 288 g/mol. The molecule has 0 aromatic carbocycles. The van der Waals surface area contributed by atoms with Crippen molar-refractivity contribution >= 4 is 28.4 Å². The van der Waals surface area contributed by atoms with Crippen LogP contribution in [0.2, 0.25) is 0 Å². The lowest BCUT2D eigenvalue weighted by Crippen LogP contribution is -2.09. The van der Waals surface area contributed by atoms with Crippen LogP contribution in [0, 0.1) is 3.57 Å². The molecule has 1 heterocycles. The Morgan fingerprint density at radius 1 is 1.33 bits per heavy atom. The second kappa shape index (κ2) is 3.08. The van der Waals surface area contributed by atoms with Gasteiger partial charge in [0.05, 0.1) is 3.57 Å². The van der Waals surface area contributed by atoms with Gasteiger partial charge >= 0.3 is 6.18 Å². The number of nitrogen functional groups attached to an aromatic ring is 1. The number of halogens is 4. The summed E-state index contributed by atoms with van der Waals surface area (Å²) in [4.78, 5) is 3.19. The minimum absolute atomic E-state index is 0.0922. The zero-order chi connectivity index (χ0) is 9.35. The molecule has 66 valence electrons. The summed E-state index contributed by atoms with van der Waals surface area (Å²) in [5.74, 6) is -0.0922. The maximum Gasteiger partial charge on any atom is 0.433 e. The van der Waals surface area contributed by atoms with Gasteiger partial charge in [0.15, 0.2) is 0 Å². The first-order chi connectivity index (χ1) is 5.41. The molecule has 0 saturated heterocycles. The molecule has 2 N–H and O–H groups in total. The SMILES string of the molecule is Nc1nc(C(F)(F)F)ccc1I. The fraction of sp³-hybridized carbons (Fsp3) is 0.167. The molecule has 1 aromatic heterocycles. The van der Waals surface area contributed by atoms with Crippen LogP contribution in [0.15, 0.2) is 12.1 Å². The lowest BCUT2D eigenvalue weighted by atomic mass is 10.3. The number of hydrogen-bond acceptors (Lipinski definition) is 2. The van der Waals surface area contributed by atoms with E-state index in [0.717, 1.165) is 6.07 Å². The largest absolute Gasteiger partial charge is 0.433 e. The van der Waals surface area contributed by atoms with Crippen molar-refractivity contribution in [2.45, 2.75) is 6.18 Å². The van der Waals surface area contributed by atoms with Gasteiger partial charge in [-0.05, 0) is 34.7 Å². The molecule has 0 bridgehead atoms. The monoisotopic (exact) mass is 288 g/mol. The lowest BCUT2D eigenvalue weighted by Gasteiger charge is -2.06. The van der Waals surface area contributed by atoms with Gasteiger partial charge in [0.1, 0.15) is 11.5 Å². The summed E-state index contributed by atoms with van der Waals surface area (Å²) in [6, 6.07) is 2.18. The predicted molar refractivity (Wildman–Crippen MR) is 46.4 cm³/mol. The Morgan fingerprint density at radius 2 is 1.92 bits per heavy atom. The van der Waals surface area contributed by atoms with E-state index in [0.29, 0.717) is 3.57 Å². The van der Waals surface area contributed by atoms with E-state index in [-0.39, 0.29) is 5.82 Å². The first kappa shape index (κ1) is 9.56. The number of alkyl halides is 3. The van der Waals surface area contributed by atoms with Crippen LogP contribution in [0.3, 0.4) is 0 Å². The topological polar surface area (TPSA) is 38.9 Å². The number of hydrogen-bond donors (Lipinski definition) is 1. The molecule has 0 amide bonds. The normalized spacial score (nSPS) is 11.7. The van der Waals surface area contributed by atoms with Crippen molar-refractivity contribution in [1.82, 2.24) is 4.98 Å². The highest BCUT2D eigenvalue weighted by Gasteiger charge is 2.32. The first-order valence-corrected chi connectivity index (χ1v) is 3.98. The van der Waals surface area contributed by atoms with Crippen LogP contribution >= 0.6 is 22.6 Å². The van der Waals surface area contributed by atoms with E-state index in [9.17, 15) is 13.2 Å². The highest BCUT2D eigenvalue weighted by molar-refractivity contribution is 14.1. The van der Waals surface area contributed by atoms with Crippen molar-refractivity contribution in [2.75, 3.05) is 5.73 Å². The molecule has 0 radical (unpaired) electrons. The highest BCUT2D eigenvalue weighted by atomic mass is 127. The zero-order valence-corrected chi connectivity index (χ0v) is 7.85. The molecule has 0 unspecified atom stereocenters. The maximum atomic E-state index is 12.0. The van der Waals surface area contributed by atoms with Gasteiger partial charge in [0.2, 0.25) is 0 Å². The van der Waals surface area contributed by atoms with Gasteiger partial charge in [-0.2, -0.15) is 13.2 Å². The number of pyridine rings is 1. The summed E-state index contributed by atoms with van der Waals surface area (Å²) in [5, 5.41) is 0. The summed E-state index contributed by atoms with van der Waals surface area (Å²) >= 11 is 1.81. The minimum atomic E-state index is -4.42. The number of nitrogens with zero attached hydrogens (tertiary/aromatic N) is 1. The van der Waals surface area contributed by atoms with Gasteiger partial charge in [-0.3, -0.25) is 0 Å². The average Bonchev–Trinajstić information content (AvgIpc) is 1.92. The maximum absolute atomic E-state index is 12.0. The minimum Gasteiger partial charge on any atom is -0.383 e. The second-order valence-electron chi connectivity index (χ2n) is 2.06. The van der Waals surface area contributed by atoms with Crippen LogP contribution < -0.4 is 5.73 Å². The van der Waals surface area contributed by atoms with Crippen LogP contribution in [0.25, 0.3) is 0 Å². The van der Waals surface area contributed by atoms with Crippen molar-refractivity contribution in [1.29, 1.82) is 0 Å². The quantitative estimate of drug-likeness (QED) is 0.744. The van der Waals surface area contributed by atoms with E-state index >= 15 is 0 Å². The van der Waals surface area contributed by atoms with E-state index in [1.165, 1.54) is 6.07 Å². The molecule has 0 atom stereocenters. The van der Waals surface area contributed by atoms with E-state index in [2.05, 4.69) is 4.98 Å². The molecule has 1 rings (SSSR count). The fourth-order valence-electron chi connectivity index (χ4n) is 0.616. The highest BCUT2D eigenvalue weighted by Crippen LogP contribution is 2.28. The Bertz CT molecular complexity index is 297. The van der Waals surface area contributed by atoms with Gasteiger partial charge in [0, 0.05) is 0 Å². The molecular weight excluding hydrogens is 284 g/mol. The Hall–Kier alpha value is -0.530. The number of anilines is 1. The molecule has 0 aliphatic rings. The lowest BCUT2D eigenvalue weighted by molar-refractivity contribution is -0.141. The van der Waals surface area contributed by atoms with Crippen LogP contribution in [-0.4, -0.2) is 4.98 Å². The van der Waals surface area contributed by atoms with Crippen molar-refractivity contribution < 1.29 is 13.2 Å². The Labute approximate surface area is 80.1 Å². The molecule has 2 nitrogen and oxygen atoms in total. The third kappa shape index (κ3) is 1.99. The van der Waals surface area contributed by atoms with Crippen LogP contribution in [0.4, 0.5) is 19.0 Å². The van der Waals surface area contributed by atoms with Gasteiger partial charge in [0.25, 0.3) is 0 Å². The van der Waals surface area contributed by atoms with Crippen LogP contribution in [-0.2, 0) is 6.18 Å². The number of nitrogens with two attached hydrogens (primary N) is 1. The zero-order valence-electron chi connectivity index (χ0n) is 5.69. The summed E-state index contributed by atoms with van der Waals surface area (Å²) in [7, 11) is 0. The third-order valence-corrected chi connectivity index (χ3v) is 2.08. The van der Waals surface area contributed by atoms with Crippen molar-refractivity contribution in [2.24, 2.45) is 0 Å². The third-order valence-electron chi connectivity index (χ3n) is 1.16. The molecule has 0 saturated carbocycles. The predicted octanol–water partition coefficient (Wildman–Crippen LogP) is 2.29. The molecular formula is C6H4F3IN2. The Kier molecular flexibility index (Phi) is 2.45. The molecule has 0 spiro atoms. The van der Waals surface area contributed by atoms with E-state index in [1.807, 2.05) is 22.6 Å². The molecule has 0 fully saturated rings. The summed E-state index contributed by atoms with van der Waals surface area (Å²) in [5.41, 5.74) is 4.24. The smallest absolute Gasteiger partial charge is 0.383 e. The first-order valence-electron chi connectivity index (χ1n) is 2.90. The molecule has 1 aromatic rings. The number of rotatable bonds is 0. The van der Waals surface area contributed by atoms with Crippen LogP contribution in [0.1, 0.15) is 5.69 Å². The van der Waals surface area contributed by atoms with Gasteiger partial charge in [-0.1, -0.05) is 0 Å². The Morgan fingerprint density at radius 3 is 2.33 bits per heavy atom. The van der Waals surface area contributed by atoms with E-state index in [4.69, 9.17) is 5.73 Å². The standard InChI is InChI=1S/C6H4F3IN2/c7-6(8,9)4-2-1-3(10)5(11)12-4/h1-2H,(H2,11,12).